The van der Waals surface area contributed by atoms with E-state index in [-0.39, 0.29) is 22.8 Å². The third-order valence-electron chi connectivity index (χ3n) is 3.24. The van der Waals surface area contributed by atoms with Crippen LogP contribution in [0.1, 0.15) is 10.4 Å². The van der Waals surface area contributed by atoms with Gasteiger partial charge in [-0.1, -0.05) is 17.3 Å². The highest BCUT2D eigenvalue weighted by molar-refractivity contribution is 5.98. The summed E-state index contributed by atoms with van der Waals surface area (Å²) in [5, 5.41) is 41.7. The van der Waals surface area contributed by atoms with Crippen LogP contribution in [0.15, 0.2) is 34.9 Å². The number of hydrogen-bond acceptors (Lipinski definition) is 7. The summed E-state index contributed by atoms with van der Waals surface area (Å²) in [6.07, 6.45) is 0. The van der Waals surface area contributed by atoms with Crippen LogP contribution in [-0.2, 0) is 0 Å². The summed E-state index contributed by atoms with van der Waals surface area (Å²) in [4.78, 5) is 15.0. The number of hydrogen-bond donors (Lipinski definition) is 4. The maximum absolute atomic E-state index is 13.7. The van der Waals surface area contributed by atoms with Gasteiger partial charge in [0.2, 0.25) is 5.82 Å². The summed E-state index contributed by atoms with van der Waals surface area (Å²) >= 11 is 0. The van der Waals surface area contributed by atoms with Crippen LogP contribution in [0.3, 0.4) is 0 Å². The van der Waals surface area contributed by atoms with Crippen LogP contribution in [-0.4, -0.2) is 36.5 Å². The van der Waals surface area contributed by atoms with Crippen molar-refractivity contribution in [1.29, 1.82) is 0 Å². The van der Waals surface area contributed by atoms with E-state index in [0.29, 0.717) is 0 Å². The van der Waals surface area contributed by atoms with Crippen LogP contribution in [0.25, 0.3) is 22.8 Å². The van der Waals surface area contributed by atoms with E-state index in [2.05, 4.69) is 10.1 Å². The predicted molar refractivity (Wildman–Crippen MR) is 77.1 cm³/mol. The summed E-state index contributed by atoms with van der Waals surface area (Å²) < 4.78 is 18.6. The molecule has 122 valence electrons. The van der Waals surface area contributed by atoms with Crippen LogP contribution in [0, 0.1) is 5.82 Å². The molecule has 0 aliphatic carbocycles. The quantitative estimate of drug-likeness (QED) is 0.424. The Balaban J connectivity index is 2.15. The molecular formula is C15H9FN2O6. The smallest absolute Gasteiger partial charge is 0.343 e. The standard InChI is InChI=1S/C15H9FN2O6/c16-8-4-2-1-3-6(8)14-17-13(18-24-14)7-5-9(19)12(21)10(11(7)20)15(22)23/h1-5,19-21H,(H,22,23). The molecule has 0 aliphatic rings. The minimum atomic E-state index is -1.67. The van der Waals surface area contributed by atoms with Crippen molar-refractivity contribution in [3.05, 3.63) is 41.7 Å². The molecule has 0 spiro atoms. The van der Waals surface area contributed by atoms with Crippen molar-refractivity contribution in [1.82, 2.24) is 10.1 Å². The number of carboxylic acids is 1. The largest absolute Gasteiger partial charge is 0.506 e. The van der Waals surface area contributed by atoms with Gasteiger partial charge in [-0.15, -0.1) is 0 Å². The van der Waals surface area contributed by atoms with E-state index in [9.17, 15) is 24.5 Å². The molecule has 0 amide bonds. The zero-order valence-corrected chi connectivity index (χ0v) is 11.8. The van der Waals surface area contributed by atoms with Crippen LogP contribution >= 0.6 is 0 Å². The lowest BCUT2D eigenvalue weighted by Crippen LogP contribution is -1.99. The SMILES string of the molecule is O=C(O)c1c(O)c(O)cc(-c2noc(-c3ccccc3F)n2)c1O. The van der Waals surface area contributed by atoms with Gasteiger partial charge in [0, 0.05) is 0 Å². The minimum Gasteiger partial charge on any atom is -0.506 e. The first-order valence-electron chi connectivity index (χ1n) is 6.50. The Morgan fingerprint density at radius 2 is 1.79 bits per heavy atom. The van der Waals surface area contributed by atoms with Crippen molar-refractivity contribution in [2.45, 2.75) is 0 Å². The normalized spacial score (nSPS) is 10.7. The first kappa shape index (κ1) is 15.3. The van der Waals surface area contributed by atoms with Gasteiger partial charge in [-0.25, -0.2) is 9.18 Å². The van der Waals surface area contributed by atoms with E-state index in [0.717, 1.165) is 6.07 Å². The molecule has 0 radical (unpaired) electrons. The number of aromatic nitrogens is 2. The van der Waals surface area contributed by atoms with Gasteiger partial charge >= 0.3 is 5.97 Å². The molecule has 0 unspecified atom stereocenters. The van der Waals surface area contributed by atoms with Gasteiger partial charge in [-0.3, -0.25) is 0 Å². The maximum atomic E-state index is 13.7. The van der Waals surface area contributed by atoms with Gasteiger partial charge in [0.15, 0.2) is 11.5 Å². The van der Waals surface area contributed by atoms with Crippen molar-refractivity contribution in [3.63, 3.8) is 0 Å². The second kappa shape index (κ2) is 5.54. The number of nitrogens with zero attached hydrogens (tertiary/aromatic N) is 2. The van der Waals surface area contributed by atoms with E-state index in [1.54, 1.807) is 6.07 Å². The molecule has 3 aromatic rings. The van der Waals surface area contributed by atoms with Gasteiger partial charge in [-0.05, 0) is 18.2 Å². The summed E-state index contributed by atoms with van der Waals surface area (Å²) in [6.45, 7) is 0. The average molecular weight is 332 g/mol. The molecule has 0 aliphatic heterocycles. The lowest BCUT2D eigenvalue weighted by Gasteiger charge is -2.08. The molecule has 9 heteroatoms. The molecule has 0 saturated heterocycles. The Morgan fingerprint density at radius 1 is 1.08 bits per heavy atom. The maximum Gasteiger partial charge on any atom is 0.343 e. The number of phenols is 3. The zero-order valence-electron chi connectivity index (χ0n) is 11.8. The highest BCUT2D eigenvalue weighted by atomic mass is 19.1. The number of benzene rings is 2. The fourth-order valence-corrected chi connectivity index (χ4v) is 2.10. The van der Waals surface area contributed by atoms with Gasteiger partial charge < -0.3 is 24.9 Å². The number of aromatic carboxylic acids is 1. The molecule has 8 nitrogen and oxygen atoms in total. The van der Waals surface area contributed by atoms with E-state index in [1.807, 2.05) is 0 Å². The Labute approximate surface area is 133 Å². The van der Waals surface area contributed by atoms with E-state index < -0.39 is 34.6 Å². The highest BCUT2D eigenvalue weighted by Crippen LogP contribution is 2.42. The summed E-state index contributed by atoms with van der Waals surface area (Å²) in [6, 6.07) is 6.47. The zero-order chi connectivity index (χ0) is 17.4. The first-order chi connectivity index (χ1) is 11.4. The Morgan fingerprint density at radius 3 is 2.46 bits per heavy atom. The van der Waals surface area contributed by atoms with Crippen molar-refractivity contribution in [3.8, 4) is 40.1 Å². The third-order valence-corrected chi connectivity index (χ3v) is 3.24. The molecule has 24 heavy (non-hydrogen) atoms. The number of carbonyl (C=O) groups is 1. The molecule has 2 aromatic carbocycles. The van der Waals surface area contributed by atoms with Crippen LogP contribution in [0.5, 0.6) is 17.2 Å². The van der Waals surface area contributed by atoms with Gasteiger partial charge in [0.1, 0.15) is 17.1 Å². The molecule has 0 atom stereocenters. The van der Waals surface area contributed by atoms with E-state index in [4.69, 9.17) is 9.63 Å². The Hall–Kier alpha value is -3.62. The molecule has 0 saturated carbocycles. The van der Waals surface area contributed by atoms with Crippen molar-refractivity contribution in [2.75, 3.05) is 0 Å². The first-order valence-corrected chi connectivity index (χ1v) is 6.50. The molecule has 0 bridgehead atoms. The molecule has 3 rings (SSSR count). The number of halogens is 1. The second-order valence-corrected chi connectivity index (χ2v) is 4.72. The summed E-state index contributed by atoms with van der Waals surface area (Å²) in [5.41, 5.74) is -1.20. The Kier molecular flexibility index (Phi) is 3.53. The lowest BCUT2D eigenvalue weighted by molar-refractivity contribution is 0.0689. The highest BCUT2D eigenvalue weighted by Gasteiger charge is 2.26. The van der Waals surface area contributed by atoms with E-state index >= 15 is 0 Å². The predicted octanol–water partition coefficient (Wildman–Crippen LogP) is 2.36. The minimum absolute atomic E-state index is 0.0113. The fraction of sp³-hybridized carbons (Fsp3) is 0. The summed E-state index contributed by atoms with van der Waals surface area (Å²) in [5.74, 6) is -5.43. The van der Waals surface area contributed by atoms with Gasteiger partial charge in [-0.2, -0.15) is 4.98 Å². The van der Waals surface area contributed by atoms with Crippen molar-refractivity contribution < 1.29 is 34.1 Å². The monoisotopic (exact) mass is 332 g/mol. The number of aromatic hydroxyl groups is 3. The average Bonchev–Trinajstić information content (AvgIpc) is 3.00. The van der Waals surface area contributed by atoms with Crippen molar-refractivity contribution in [2.24, 2.45) is 0 Å². The van der Waals surface area contributed by atoms with Crippen LogP contribution in [0.2, 0.25) is 0 Å². The second-order valence-electron chi connectivity index (χ2n) is 4.72. The van der Waals surface area contributed by atoms with Crippen LogP contribution < -0.4 is 0 Å². The van der Waals surface area contributed by atoms with Gasteiger partial charge in [0.25, 0.3) is 5.89 Å². The molecule has 4 N–H and O–H groups in total. The number of carboxylic acid groups (broad SMARTS) is 1. The number of rotatable bonds is 3. The summed E-state index contributed by atoms with van der Waals surface area (Å²) in [7, 11) is 0. The van der Waals surface area contributed by atoms with Crippen molar-refractivity contribution >= 4 is 5.97 Å². The topological polar surface area (TPSA) is 137 Å². The molecule has 0 fully saturated rings. The lowest BCUT2D eigenvalue weighted by atomic mass is 10.1. The molecule has 1 heterocycles. The third kappa shape index (κ3) is 2.37. The number of phenolic OH excluding ortho intramolecular Hbond substituents is 1. The van der Waals surface area contributed by atoms with Gasteiger partial charge in [0.05, 0.1) is 11.1 Å². The Bertz CT molecular complexity index is 953. The molecule has 1 aromatic heterocycles. The molecular weight excluding hydrogens is 323 g/mol. The van der Waals surface area contributed by atoms with E-state index in [1.165, 1.54) is 18.2 Å². The van der Waals surface area contributed by atoms with Crippen LogP contribution in [0.4, 0.5) is 4.39 Å². The fourth-order valence-electron chi connectivity index (χ4n) is 2.10.